The summed E-state index contributed by atoms with van der Waals surface area (Å²) in [6.07, 6.45) is 0. The summed E-state index contributed by atoms with van der Waals surface area (Å²) >= 11 is 5.92. The van der Waals surface area contributed by atoms with Crippen LogP contribution in [0.15, 0.2) is 18.2 Å². The van der Waals surface area contributed by atoms with E-state index in [1.807, 2.05) is 0 Å². The molecule has 0 bridgehead atoms. The molecule has 0 aliphatic heterocycles. The molecule has 0 heterocycles. The van der Waals surface area contributed by atoms with Crippen LogP contribution >= 0.6 is 11.6 Å². The summed E-state index contributed by atoms with van der Waals surface area (Å²) in [5.41, 5.74) is 5.77. The van der Waals surface area contributed by atoms with Crippen LogP contribution in [0.1, 0.15) is 6.92 Å². The normalized spacial score (nSPS) is 11.6. The summed E-state index contributed by atoms with van der Waals surface area (Å²) in [6.45, 7) is 1.78. The predicted molar refractivity (Wildman–Crippen MR) is 71.2 cm³/mol. The number of nitrogens with one attached hydrogen (secondary N) is 1. The van der Waals surface area contributed by atoms with Crippen molar-refractivity contribution in [2.45, 2.75) is 13.0 Å². The second-order valence-electron chi connectivity index (χ2n) is 3.56. The molecule has 1 atom stereocenters. The van der Waals surface area contributed by atoms with Gasteiger partial charge in [0.15, 0.2) is 6.04 Å². The molecule has 1 aromatic carbocycles. The maximum absolute atomic E-state index is 11.7. The summed E-state index contributed by atoms with van der Waals surface area (Å²) in [7, 11) is 1.49. The van der Waals surface area contributed by atoms with Crippen molar-refractivity contribution in [2.24, 2.45) is 5.73 Å². The number of esters is 1. The van der Waals surface area contributed by atoms with E-state index in [9.17, 15) is 9.59 Å². The minimum atomic E-state index is -1.40. The van der Waals surface area contributed by atoms with E-state index in [-0.39, 0.29) is 6.61 Å². The van der Waals surface area contributed by atoms with Crippen LogP contribution in [0.4, 0.5) is 5.69 Å². The second kappa shape index (κ2) is 6.96. The molecule has 6 nitrogen and oxygen atoms in total. The highest BCUT2D eigenvalue weighted by Gasteiger charge is 2.24. The van der Waals surface area contributed by atoms with Crippen molar-refractivity contribution in [1.29, 1.82) is 0 Å². The van der Waals surface area contributed by atoms with Gasteiger partial charge in [0.25, 0.3) is 5.91 Å². The van der Waals surface area contributed by atoms with E-state index in [2.05, 4.69) is 10.1 Å². The molecule has 3 N–H and O–H groups in total. The molecule has 0 spiro atoms. The number of carbonyl (C=O) groups is 2. The lowest BCUT2D eigenvalue weighted by atomic mass is 10.2. The van der Waals surface area contributed by atoms with Gasteiger partial charge in [-0.1, -0.05) is 11.6 Å². The van der Waals surface area contributed by atoms with Gasteiger partial charge in [-0.3, -0.25) is 4.79 Å². The van der Waals surface area contributed by atoms with Crippen molar-refractivity contribution in [3.05, 3.63) is 23.2 Å². The van der Waals surface area contributed by atoms with Crippen LogP contribution in [0.25, 0.3) is 0 Å². The summed E-state index contributed by atoms with van der Waals surface area (Å²) in [6, 6.07) is 3.33. The Kier molecular flexibility index (Phi) is 5.59. The SMILES string of the molecule is CCOC(=O)C(N)C(=O)Nc1cc(OC)ccc1Cl. The number of carbonyl (C=O) groups excluding carboxylic acids is 2. The molecule has 0 aliphatic carbocycles. The lowest BCUT2D eigenvalue weighted by Gasteiger charge is -2.12. The summed E-state index contributed by atoms with van der Waals surface area (Å²) < 4.78 is 9.66. The zero-order chi connectivity index (χ0) is 14.4. The van der Waals surface area contributed by atoms with Gasteiger partial charge in [-0.2, -0.15) is 0 Å². The molecule has 1 unspecified atom stereocenters. The molecule has 0 saturated carbocycles. The first-order valence-electron chi connectivity index (χ1n) is 5.56. The standard InChI is InChI=1S/C12H15ClN2O4/c1-3-19-12(17)10(14)11(16)15-9-6-7(18-2)4-5-8(9)13/h4-6,10H,3,14H2,1-2H3,(H,15,16). The number of benzene rings is 1. The highest BCUT2D eigenvalue weighted by Crippen LogP contribution is 2.26. The average Bonchev–Trinajstić information content (AvgIpc) is 2.40. The van der Waals surface area contributed by atoms with Gasteiger partial charge in [-0.05, 0) is 19.1 Å². The van der Waals surface area contributed by atoms with E-state index in [4.69, 9.17) is 22.1 Å². The Bertz CT molecular complexity index is 479. The lowest BCUT2D eigenvalue weighted by molar-refractivity contribution is -0.146. The first-order chi connectivity index (χ1) is 8.99. The lowest BCUT2D eigenvalue weighted by Crippen LogP contribution is -2.43. The Labute approximate surface area is 115 Å². The van der Waals surface area contributed by atoms with Crippen molar-refractivity contribution in [1.82, 2.24) is 0 Å². The number of rotatable bonds is 5. The molecule has 7 heteroatoms. The van der Waals surface area contributed by atoms with E-state index < -0.39 is 17.9 Å². The minimum Gasteiger partial charge on any atom is -0.497 e. The molecule has 104 valence electrons. The number of hydrogen-bond donors (Lipinski definition) is 2. The van der Waals surface area contributed by atoms with Crippen LogP contribution in [-0.2, 0) is 14.3 Å². The number of amides is 1. The Morgan fingerprint density at radius 3 is 2.74 bits per heavy atom. The van der Waals surface area contributed by atoms with Crippen molar-refractivity contribution in [2.75, 3.05) is 19.0 Å². The Balaban J connectivity index is 2.79. The van der Waals surface area contributed by atoms with Gasteiger partial charge in [0, 0.05) is 6.07 Å². The maximum atomic E-state index is 11.7. The number of methoxy groups -OCH3 is 1. The first-order valence-corrected chi connectivity index (χ1v) is 5.94. The van der Waals surface area contributed by atoms with Crippen LogP contribution in [-0.4, -0.2) is 31.6 Å². The van der Waals surface area contributed by atoms with Gasteiger partial charge in [-0.25, -0.2) is 4.79 Å². The smallest absolute Gasteiger partial charge is 0.332 e. The van der Waals surface area contributed by atoms with E-state index in [1.165, 1.54) is 13.2 Å². The van der Waals surface area contributed by atoms with E-state index in [0.717, 1.165) is 0 Å². The molecule has 1 aromatic rings. The van der Waals surface area contributed by atoms with Gasteiger partial charge in [0.1, 0.15) is 5.75 Å². The van der Waals surface area contributed by atoms with Crippen LogP contribution in [0, 0.1) is 0 Å². The van der Waals surface area contributed by atoms with Gasteiger partial charge in [-0.15, -0.1) is 0 Å². The molecule has 19 heavy (non-hydrogen) atoms. The maximum Gasteiger partial charge on any atom is 0.332 e. The zero-order valence-electron chi connectivity index (χ0n) is 10.6. The van der Waals surface area contributed by atoms with Gasteiger partial charge in [0.2, 0.25) is 0 Å². The van der Waals surface area contributed by atoms with E-state index >= 15 is 0 Å². The molecule has 0 fully saturated rings. The highest BCUT2D eigenvalue weighted by atomic mass is 35.5. The predicted octanol–water partition coefficient (Wildman–Crippen LogP) is 1.18. The number of anilines is 1. The van der Waals surface area contributed by atoms with Gasteiger partial charge < -0.3 is 20.5 Å². The molecular formula is C12H15ClN2O4. The molecule has 0 radical (unpaired) electrons. The van der Waals surface area contributed by atoms with Gasteiger partial charge >= 0.3 is 5.97 Å². The average molecular weight is 287 g/mol. The Hall–Kier alpha value is -1.79. The zero-order valence-corrected chi connectivity index (χ0v) is 11.4. The van der Waals surface area contributed by atoms with E-state index in [0.29, 0.717) is 16.5 Å². The van der Waals surface area contributed by atoms with Crippen molar-refractivity contribution in [3.63, 3.8) is 0 Å². The second-order valence-corrected chi connectivity index (χ2v) is 3.97. The highest BCUT2D eigenvalue weighted by molar-refractivity contribution is 6.34. The Morgan fingerprint density at radius 1 is 1.47 bits per heavy atom. The summed E-state index contributed by atoms with van der Waals surface area (Å²) in [5, 5.41) is 2.76. The fourth-order valence-electron chi connectivity index (χ4n) is 1.28. The monoisotopic (exact) mass is 286 g/mol. The van der Waals surface area contributed by atoms with Gasteiger partial charge in [0.05, 0.1) is 24.4 Å². The first kappa shape index (κ1) is 15.3. The fraction of sp³-hybridized carbons (Fsp3) is 0.333. The number of hydrogen-bond acceptors (Lipinski definition) is 5. The molecule has 0 saturated heterocycles. The minimum absolute atomic E-state index is 0.153. The Morgan fingerprint density at radius 2 is 2.16 bits per heavy atom. The quantitative estimate of drug-likeness (QED) is 0.626. The summed E-state index contributed by atoms with van der Waals surface area (Å²) in [4.78, 5) is 23.1. The third-order valence-corrected chi connectivity index (χ3v) is 2.58. The topological polar surface area (TPSA) is 90.7 Å². The van der Waals surface area contributed by atoms with Crippen LogP contribution in [0.5, 0.6) is 5.75 Å². The molecule has 1 amide bonds. The molecule has 0 aromatic heterocycles. The fourth-order valence-corrected chi connectivity index (χ4v) is 1.44. The molecule has 0 aliphatic rings. The number of nitrogens with two attached hydrogens (primary N) is 1. The van der Waals surface area contributed by atoms with Crippen molar-refractivity contribution < 1.29 is 19.1 Å². The van der Waals surface area contributed by atoms with Crippen LogP contribution in [0.2, 0.25) is 5.02 Å². The van der Waals surface area contributed by atoms with Crippen molar-refractivity contribution in [3.8, 4) is 5.75 Å². The third-order valence-electron chi connectivity index (χ3n) is 2.25. The van der Waals surface area contributed by atoms with E-state index in [1.54, 1.807) is 19.1 Å². The number of ether oxygens (including phenoxy) is 2. The summed E-state index contributed by atoms with van der Waals surface area (Å²) in [5.74, 6) is -0.975. The molecule has 1 rings (SSSR count). The molecular weight excluding hydrogens is 272 g/mol. The number of halogens is 1. The largest absolute Gasteiger partial charge is 0.497 e. The van der Waals surface area contributed by atoms with Crippen LogP contribution < -0.4 is 15.8 Å². The van der Waals surface area contributed by atoms with Crippen molar-refractivity contribution >= 4 is 29.2 Å². The van der Waals surface area contributed by atoms with Crippen LogP contribution in [0.3, 0.4) is 0 Å². The third kappa shape index (κ3) is 4.11.